The summed E-state index contributed by atoms with van der Waals surface area (Å²) in [5.74, 6) is 2.47. The number of nitrogens with zero attached hydrogens (tertiary/aromatic N) is 6. The van der Waals surface area contributed by atoms with Gasteiger partial charge in [0.25, 0.3) is 0 Å². The highest BCUT2D eigenvalue weighted by Gasteiger charge is 2.28. The predicted molar refractivity (Wildman–Crippen MR) is 99.2 cm³/mol. The zero-order chi connectivity index (χ0) is 18.0. The third-order valence-electron chi connectivity index (χ3n) is 4.69. The molecule has 138 valence electrons. The summed E-state index contributed by atoms with van der Waals surface area (Å²) >= 11 is 0. The normalized spacial score (nSPS) is 22.4. The Morgan fingerprint density at radius 2 is 1.85 bits per heavy atom. The van der Waals surface area contributed by atoms with Gasteiger partial charge in [-0.3, -0.25) is 0 Å². The van der Waals surface area contributed by atoms with Gasteiger partial charge in [-0.1, -0.05) is 6.07 Å². The molecule has 4 rings (SSSR count). The Morgan fingerprint density at radius 3 is 2.50 bits per heavy atom. The minimum Gasteiger partial charge on any atom is -0.353 e. The van der Waals surface area contributed by atoms with Gasteiger partial charge in [0.05, 0.1) is 17.7 Å². The fourth-order valence-corrected chi connectivity index (χ4v) is 4.98. The van der Waals surface area contributed by atoms with E-state index in [4.69, 9.17) is 0 Å². The lowest BCUT2D eigenvalue weighted by Crippen LogP contribution is -2.47. The van der Waals surface area contributed by atoms with Crippen molar-refractivity contribution >= 4 is 27.4 Å². The van der Waals surface area contributed by atoms with E-state index in [1.165, 1.54) is 0 Å². The molecule has 0 aliphatic carbocycles. The fraction of sp³-hybridized carbons (Fsp3) is 0.500. The lowest BCUT2D eigenvalue weighted by molar-refractivity contribution is 0.602. The van der Waals surface area contributed by atoms with E-state index in [1.807, 2.05) is 18.2 Å². The van der Waals surface area contributed by atoms with Crippen LogP contribution in [0.2, 0.25) is 0 Å². The van der Waals surface area contributed by atoms with Crippen LogP contribution in [0.25, 0.3) is 0 Å². The molecule has 0 amide bonds. The van der Waals surface area contributed by atoms with E-state index in [9.17, 15) is 8.42 Å². The molecule has 2 saturated heterocycles. The molecule has 2 aromatic heterocycles. The third kappa shape index (κ3) is 3.85. The molecule has 9 nitrogen and oxygen atoms in total. The number of anilines is 3. The van der Waals surface area contributed by atoms with E-state index in [1.54, 1.807) is 12.4 Å². The first-order chi connectivity index (χ1) is 12.6. The zero-order valence-corrected chi connectivity index (χ0v) is 15.1. The van der Waals surface area contributed by atoms with Gasteiger partial charge in [-0.2, -0.15) is 10.1 Å². The van der Waals surface area contributed by atoms with Crippen LogP contribution in [0.15, 0.2) is 30.6 Å². The zero-order valence-electron chi connectivity index (χ0n) is 14.3. The highest BCUT2D eigenvalue weighted by atomic mass is 32.2. The van der Waals surface area contributed by atoms with E-state index in [2.05, 4.69) is 35.3 Å². The minimum atomic E-state index is -2.94. The second-order valence-electron chi connectivity index (χ2n) is 6.54. The molecule has 0 saturated carbocycles. The van der Waals surface area contributed by atoms with Crippen molar-refractivity contribution in [3.63, 3.8) is 0 Å². The van der Waals surface area contributed by atoms with Crippen molar-refractivity contribution in [1.82, 2.24) is 20.2 Å². The largest absolute Gasteiger partial charge is 0.353 e. The Kier molecular flexibility index (Phi) is 4.58. The smallest absolute Gasteiger partial charge is 0.244 e. The molecule has 1 atom stereocenters. The molecule has 1 unspecified atom stereocenters. The number of piperazine rings is 1. The maximum absolute atomic E-state index is 11.6. The monoisotopic (exact) mass is 375 g/mol. The van der Waals surface area contributed by atoms with Crippen LogP contribution in [0.1, 0.15) is 6.42 Å². The highest BCUT2D eigenvalue weighted by molar-refractivity contribution is 7.91. The van der Waals surface area contributed by atoms with Gasteiger partial charge < -0.3 is 15.1 Å². The van der Waals surface area contributed by atoms with Crippen LogP contribution in [-0.4, -0.2) is 72.3 Å². The SMILES string of the molecule is O=S1(=O)CCC(Nc2nncc(N3CCN(c4ccccn4)CC3)n2)C1. The number of nitrogens with one attached hydrogen (secondary N) is 1. The van der Waals surface area contributed by atoms with E-state index in [0.29, 0.717) is 12.4 Å². The lowest BCUT2D eigenvalue weighted by Gasteiger charge is -2.35. The molecule has 4 heterocycles. The third-order valence-corrected chi connectivity index (χ3v) is 6.46. The molecular weight excluding hydrogens is 354 g/mol. The first kappa shape index (κ1) is 17.0. The summed E-state index contributed by atoms with van der Waals surface area (Å²) in [6.45, 7) is 3.33. The van der Waals surface area contributed by atoms with E-state index in [-0.39, 0.29) is 17.5 Å². The number of hydrogen-bond acceptors (Lipinski definition) is 9. The molecule has 2 aliphatic heterocycles. The molecule has 1 N–H and O–H groups in total. The molecule has 0 radical (unpaired) electrons. The molecule has 0 spiro atoms. The maximum Gasteiger partial charge on any atom is 0.244 e. The standard InChI is InChI=1S/C16H21N7O2S/c24-26(25)10-4-13(12-26)19-16-20-15(11-18-21-16)23-8-6-22(7-9-23)14-3-1-2-5-17-14/h1-3,5,11,13H,4,6-10,12H2,(H,19,20,21). The average Bonchev–Trinajstić information content (AvgIpc) is 3.01. The number of pyridine rings is 1. The van der Waals surface area contributed by atoms with Crippen LogP contribution in [0.4, 0.5) is 17.6 Å². The van der Waals surface area contributed by atoms with Crippen molar-refractivity contribution in [2.75, 3.05) is 52.8 Å². The average molecular weight is 375 g/mol. The van der Waals surface area contributed by atoms with Crippen LogP contribution in [0, 0.1) is 0 Å². The summed E-state index contributed by atoms with van der Waals surface area (Å²) < 4.78 is 23.2. The van der Waals surface area contributed by atoms with Gasteiger partial charge in [0.15, 0.2) is 15.7 Å². The van der Waals surface area contributed by atoms with Gasteiger partial charge in [-0.25, -0.2) is 13.4 Å². The van der Waals surface area contributed by atoms with Crippen LogP contribution in [0.3, 0.4) is 0 Å². The quantitative estimate of drug-likeness (QED) is 0.802. The van der Waals surface area contributed by atoms with Crippen molar-refractivity contribution in [3.05, 3.63) is 30.6 Å². The van der Waals surface area contributed by atoms with Crippen molar-refractivity contribution in [2.24, 2.45) is 0 Å². The number of hydrogen-bond donors (Lipinski definition) is 1. The molecular formula is C16H21N7O2S. The second-order valence-corrected chi connectivity index (χ2v) is 8.77. The van der Waals surface area contributed by atoms with Crippen molar-refractivity contribution in [3.8, 4) is 0 Å². The number of aromatic nitrogens is 4. The Labute approximate surface area is 152 Å². The Morgan fingerprint density at radius 1 is 1.08 bits per heavy atom. The Hall–Kier alpha value is -2.49. The van der Waals surface area contributed by atoms with Crippen LogP contribution in [0.5, 0.6) is 0 Å². The predicted octanol–water partition coefficient (Wildman–Crippen LogP) is 0.192. The van der Waals surface area contributed by atoms with Crippen molar-refractivity contribution < 1.29 is 8.42 Å². The molecule has 2 fully saturated rings. The minimum absolute atomic E-state index is 0.128. The summed E-state index contributed by atoms with van der Waals surface area (Å²) in [6.07, 6.45) is 4.03. The molecule has 10 heteroatoms. The second kappa shape index (κ2) is 7.02. The van der Waals surface area contributed by atoms with Crippen LogP contribution < -0.4 is 15.1 Å². The number of rotatable bonds is 4. The maximum atomic E-state index is 11.6. The van der Waals surface area contributed by atoms with Gasteiger partial charge in [-0.05, 0) is 18.6 Å². The highest BCUT2D eigenvalue weighted by Crippen LogP contribution is 2.19. The summed E-state index contributed by atoms with van der Waals surface area (Å²) in [7, 11) is -2.94. The Bertz CT molecular complexity index is 854. The molecule has 0 aromatic carbocycles. The lowest BCUT2D eigenvalue weighted by atomic mass is 10.3. The van der Waals surface area contributed by atoms with Crippen molar-refractivity contribution in [1.29, 1.82) is 0 Å². The van der Waals surface area contributed by atoms with Gasteiger partial charge in [0.2, 0.25) is 5.95 Å². The van der Waals surface area contributed by atoms with E-state index in [0.717, 1.165) is 37.8 Å². The van der Waals surface area contributed by atoms with Gasteiger partial charge in [-0.15, -0.1) is 5.10 Å². The van der Waals surface area contributed by atoms with Gasteiger partial charge >= 0.3 is 0 Å². The Balaban J connectivity index is 1.38. The van der Waals surface area contributed by atoms with Gasteiger partial charge in [0, 0.05) is 38.4 Å². The van der Waals surface area contributed by atoms with E-state index >= 15 is 0 Å². The molecule has 0 bridgehead atoms. The summed E-state index contributed by atoms with van der Waals surface area (Å²) in [4.78, 5) is 13.3. The van der Waals surface area contributed by atoms with Crippen LogP contribution in [-0.2, 0) is 9.84 Å². The van der Waals surface area contributed by atoms with Gasteiger partial charge in [0.1, 0.15) is 5.82 Å². The molecule has 26 heavy (non-hydrogen) atoms. The summed E-state index contributed by atoms with van der Waals surface area (Å²) in [5.41, 5.74) is 0. The summed E-state index contributed by atoms with van der Waals surface area (Å²) in [6, 6.07) is 5.78. The molecule has 2 aromatic rings. The fourth-order valence-electron chi connectivity index (χ4n) is 3.31. The number of sulfone groups is 1. The first-order valence-electron chi connectivity index (χ1n) is 8.67. The summed E-state index contributed by atoms with van der Waals surface area (Å²) in [5, 5.41) is 11.1. The molecule has 2 aliphatic rings. The van der Waals surface area contributed by atoms with E-state index < -0.39 is 9.84 Å². The first-order valence-corrected chi connectivity index (χ1v) is 10.5. The van der Waals surface area contributed by atoms with Crippen LogP contribution >= 0.6 is 0 Å². The van der Waals surface area contributed by atoms with Crippen molar-refractivity contribution in [2.45, 2.75) is 12.5 Å². The topological polar surface area (TPSA) is 104 Å².